The molecular weight excluding hydrogens is 472 g/mol. The van der Waals surface area contributed by atoms with E-state index in [1.807, 2.05) is 77.6 Å². The maximum absolute atomic E-state index is 11.9. The molecule has 4 rings (SSSR count). The minimum absolute atomic E-state index is 0. The Kier molecular flexibility index (Phi) is 7.29. The van der Waals surface area contributed by atoms with Crippen LogP contribution in [0.15, 0.2) is 115 Å². The van der Waals surface area contributed by atoms with E-state index in [2.05, 4.69) is 4.98 Å². The number of hydrogen-bond acceptors (Lipinski definition) is 5. The van der Waals surface area contributed by atoms with Gasteiger partial charge in [0.25, 0.3) is 5.69 Å². The molecule has 2 heterocycles. The van der Waals surface area contributed by atoms with Gasteiger partial charge in [-0.25, -0.2) is 4.57 Å². The van der Waals surface area contributed by atoms with E-state index in [4.69, 9.17) is 0 Å². The Bertz CT molecular complexity index is 1170. The van der Waals surface area contributed by atoms with Crippen molar-refractivity contribution in [1.29, 1.82) is 0 Å². The number of aromatic nitrogens is 2. The van der Waals surface area contributed by atoms with Gasteiger partial charge < -0.3 is 22.1 Å². The van der Waals surface area contributed by atoms with Crippen molar-refractivity contribution in [2.45, 2.75) is 12.3 Å². The van der Waals surface area contributed by atoms with Crippen molar-refractivity contribution in [2.24, 2.45) is 0 Å². The fraction of sp³-hybridized carbons (Fsp3) is 0.0833. The minimum atomic E-state index is -1.48. The van der Waals surface area contributed by atoms with Gasteiger partial charge in [-0.1, -0.05) is 59.7 Å². The standard InChI is InChI=1S/C24H21N4O3.BrH/c29-24(20-13-15-22(16-14-20)28(30)31)19-26-18-10-17-25-23(26)27(24)21-11-8-6-4-2-1-3-5-7-9-12-21;/h1-18,29H,19H2;1H/q+1;/p-1. The summed E-state index contributed by atoms with van der Waals surface area (Å²) in [7, 11) is 0. The highest BCUT2D eigenvalue weighted by molar-refractivity contribution is 5.52. The van der Waals surface area contributed by atoms with Crippen molar-refractivity contribution in [1.82, 2.24) is 4.98 Å². The van der Waals surface area contributed by atoms with Crippen LogP contribution in [0.5, 0.6) is 0 Å². The molecule has 1 aromatic heterocycles. The number of nitro groups is 1. The van der Waals surface area contributed by atoms with E-state index < -0.39 is 10.6 Å². The highest BCUT2D eigenvalue weighted by Crippen LogP contribution is 2.37. The molecule has 1 aliphatic heterocycles. The van der Waals surface area contributed by atoms with Crippen LogP contribution in [0.4, 0.5) is 11.6 Å². The van der Waals surface area contributed by atoms with Crippen molar-refractivity contribution in [2.75, 3.05) is 4.90 Å². The topological polar surface area (TPSA) is 83.4 Å². The molecule has 32 heavy (non-hydrogen) atoms. The number of hydrogen-bond donors (Lipinski definition) is 1. The SMILES string of the molecule is O=[N+]([O-])c1ccc(C2(O)C[n+]3cccnc3N2C2=CC=CC=CC=CC=CC=C2)cc1.[Br-]. The fourth-order valence-electron chi connectivity index (χ4n) is 3.54. The Labute approximate surface area is 196 Å². The molecule has 1 unspecified atom stereocenters. The summed E-state index contributed by atoms with van der Waals surface area (Å²) in [6.07, 6.45) is 24.5. The first kappa shape index (κ1) is 23.1. The van der Waals surface area contributed by atoms with E-state index >= 15 is 0 Å². The number of nitrogens with zero attached hydrogens (tertiary/aromatic N) is 4. The maximum atomic E-state index is 11.9. The van der Waals surface area contributed by atoms with Gasteiger partial charge in [-0.3, -0.25) is 10.1 Å². The zero-order chi connectivity index (χ0) is 21.7. The monoisotopic (exact) mass is 492 g/mol. The molecule has 0 amide bonds. The van der Waals surface area contributed by atoms with Crippen LogP contribution >= 0.6 is 0 Å². The van der Waals surface area contributed by atoms with E-state index in [0.717, 1.165) is 0 Å². The van der Waals surface area contributed by atoms with Gasteiger partial charge in [0, 0.05) is 23.8 Å². The molecular formula is C24H21BrN4O3. The lowest BCUT2D eigenvalue weighted by Crippen LogP contribution is -3.00. The molecule has 0 saturated carbocycles. The van der Waals surface area contributed by atoms with Gasteiger partial charge in [-0.2, -0.15) is 4.90 Å². The molecule has 0 saturated heterocycles. The predicted octanol–water partition coefficient (Wildman–Crippen LogP) is 0.625. The van der Waals surface area contributed by atoms with Gasteiger partial charge in [0.05, 0.1) is 11.1 Å². The van der Waals surface area contributed by atoms with Gasteiger partial charge in [0.15, 0.2) is 0 Å². The summed E-state index contributed by atoms with van der Waals surface area (Å²) in [5, 5.41) is 22.9. The first-order valence-corrected chi connectivity index (χ1v) is 9.77. The Morgan fingerprint density at radius 1 is 1.00 bits per heavy atom. The minimum Gasteiger partial charge on any atom is -1.00 e. The number of rotatable bonds is 3. The maximum Gasteiger partial charge on any atom is 0.401 e. The molecule has 0 bridgehead atoms. The first-order chi connectivity index (χ1) is 15.1. The van der Waals surface area contributed by atoms with E-state index in [9.17, 15) is 15.2 Å². The number of aliphatic hydroxyl groups is 1. The van der Waals surface area contributed by atoms with Gasteiger partial charge in [0.1, 0.15) is 18.4 Å². The van der Waals surface area contributed by atoms with Gasteiger partial charge >= 0.3 is 5.95 Å². The molecule has 1 atom stereocenters. The Morgan fingerprint density at radius 3 is 2.28 bits per heavy atom. The quantitative estimate of drug-likeness (QED) is 0.386. The molecule has 0 spiro atoms. The zero-order valence-corrected chi connectivity index (χ0v) is 18.6. The molecule has 1 aliphatic carbocycles. The van der Waals surface area contributed by atoms with Crippen molar-refractivity contribution in [3.8, 4) is 0 Å². The summed E-state index contributed by atoms with van der Waals surface area (Å²) in [5.74, 6) is 0.569. The predicted molar refractivity (Wildman–Crippen MR) is 118 cm³/mol. The highest BCUT2D eigenvalue weighted by atomic mass is 79.9. The van der Waals surface area contributed by atoms with Crippen molar-refractivity contribution >= 4 is 11.6 Å². The normalized spacial score (nSPS) is 19.5. The molecule has 7 nitrogen and oxygen atoms in total. The zero-order valence-electron chi connectivity index (χ0n) is 17.0. The van der Waals surface area contributed by atoms with Crippen LogP contribution in [-0.4, -0.2) is 15.0 Å². The lowest BCUT2D eigenvalue weighted by atomic mass is 10.0. The highest BCUT2D eigenvalue weighted by Gasteiger charge is 2.53. The van der Waals surface area contributed by atoms with Crippen LogP contribution in [0.2, 0.25) is 0 Å². The van der Waals surface area contributed by atoms with E-state index in [1.165, 1.54) is 12.1 Å². The number of allylic oxidation sites excluding steroid dienone is 11. The van der Waals surface area contributed by atoms with Crippen LogP contribution in [0.25, 0.3) is 0 Å². The third-order valence-electron chi connectivity index (χ3n) is 4.98. The molecule has 0 fully saturated rings. The van der Waals surface area contributed by atoms with Gasteiger partial charge in [-0.05, 0) is 24.3 Å². The van der Waals surface area contributed by atoms with Crippen LogP contribution in [0, 0.1) is 10.1 Å². The number of halogens is 1. The molecule has 0 radical (unpaired) electrons. The molecule has 8 heteroatoms. The van der Waals surface area contributed by atoms with E-state index in [-0.39, 0.29) is 29.2 Å². The van der Waals surface area contributed by atoms with Crippen LogP contribution < -0.4 is 26.4 Å². The molecule has 1 aromatic carbocycles. The number of non-ortho nitro benzene ring substituents is 1. The Morgan fingerprint density at radius 2 is 1.62 bits per heavy atom. The molecule has 2 aliphatic rings. The number of benzene rings is 1. The fourth-order valence-corrected chi connectivity index (χ4v) is 3.54. The number of nitro benzene ring substituents is 1. The molecule has 162 valence electrons. The van der Waals surface area contributed by atoms with E-state index in [1.54, 1.807) is 29.3 Å². The summed E-state index contributed by atoms with van der Waals surface area (Å²) < 4.78 is 1.86. The van der Waals surface area contributed by atoms with Gasteiger partial charge in [0.2, 0.25) is 5.72 Å². The van der Waals surface area contributed by atoms with E-state index in [0.29, 0.717) is 17.2 Å². The molecule has 2 aromatic rings. The smallest absolute Gasteiger partial charge is 0.401 e. The third-order valence-corrected chi connectivity index (χ3v) is 4.98. The average molecular weight is 493 g/mol. The second-order valence-corrected chi connectivity index (χ2v) is 6.99. The van der Waals surface area contributed by atoms with Crippen molar-refractivity contribution in [3.05, 3.63) is 131 Å². The summed E-state index contributed by atoms with van der Waals surface area (Å²) in [4.78, 5) is 16.8. The van der Waals surface area contributed by atoms with Gasteiger partial charge in [-0.15, -0.1) is 0 Å². The summed E-state index contributed by atoms with van der Waals surface area (Å²) >= 11 is 0. The van der Waals surface area contributed by atoms with Crippen LogP contribution in [0.1, 0.15) is 5.56 Å². The summed E-state index contributed by atoms with van der Waals surface area (Å²) in [5.41, 5.74) is -0.258. The second kappa shape index (κ2) is 10.1. The lowest BCUT2D eigenvalue weighted by molar-refractivity contribution is -0.685. The number of anilines is 1. The average Bonchev–Trinajstić information content (AvgIpc) is 3.07. The Hall–Kier alpha value is -3.62. The van der Waals surface area contributed by atoms with Crippen molar-refractivity contribution < 1.29 is 31.6 Å². The molecule has 1 N–H and O–H groups in total. The second-order valence-electron chi connectivity index (χ2n) is 6.99. The van der Waals surface area contributed by atoms with Crippen molar-refractivity contribution in [3.63, 3.8) is 0 Å². The number of fused-ring (bicyclic) bond motifs is 1. The largest absolute Gasteiger partial charge is 1.00 e. The van der Waals surface area contributed by atoms with Crippen LogP contribution in [0.3, 0.4) is 0 Å². The Balaban J connectivity index is 0.00000289. The third kappa shape index (κ3) is 4.66. The van der Waals surface area contributed by atoms with Crippen LogP contribution in [-0.2, 0) is 12.3 Å². The first-order valence-electron chi connectivity index (χ1n) is 9.77. The summed E-state index contributed by atoms with van der Waals surface area (Å²) in [6, 6.07) is 7.77. The summed E-state index contributed by atoms with van der Waals surface area (Å²) in [6.45, 7) is 0.224. The lowest BCUT2D eigenvalue weighted by Gasteiger charge is -2.28.